The maximum absolute atomic E-state index is 5.90. The molecule has 1 saturated carbocycles. The first kappa shape index (κ1) is 16.5. The average Bonchev–Trinajstić information content (AvgIpc) is 2.60. The number of hydrogen-bond donors (Lipinski definition) is 0. The fourth-order valence-corrected chi connectivity index (χ4v) is 4.82. The molecule has 0 spiro atoms. The number of rotatable bonds is 6. The van der Waals surface area contributed by atoms with Crippen LogP contribution in [0.3, 0.4) is 0 Å². The van der Waals surface area contributed by atoms with E-state index in [-0.39, 0.29) is 5.41 Å². The molecule has 0 radical (unpaired) electrons. The molecular formula is C20H28O3. The second kappa shape index (κ2) is 7.06. The predicted octanol–water partition coefficient (Wildman–Crippen LogP) is 4.10. The Morgan fingerprint density at radius 3 is 2.91 bits per heavy atom. The summed E-state index contributed by atoms with van der Waals surface area (Å²) in [6, 6.07) is 6.57. The molecule has 0 unspecified atom stereocenters. The molecule has 23 heavy (non-hydrogen) atoms. The molecule has 0 saturated heterocycles. The highest BCUT2D eigenvalue weighted by molar-refractivity contribution is 5.44. The summed E-state index contributed by atoms with van der Waals surface area (Å²) in [5.74, 6) is 2.16. The van der Waals surface area contributed by atoms with Gasteiger partial charge in [0, 0.05) is 12.5 Å². The Balaban J connectivity index is 2.00. The Morgan fingerprint density at radius 2 is 2.17 bits per heavy atom. The van der Waals surface area contributed by atoms with Crippen LogP contribution in [0.4, 0.5) is 0 Å². The van der Waals surface area contributed by atoms with Crippen LogP contribution in [0.25, 0.3) is 0 Å². The average molecular weight is 316 g/mol. The van der Waals surface area contributed by atoms with Crippen molar-refractivity contribution < 1.29 is 14.2 Å². The van der Waals surface area contributed by atoms with Gasteiger partial charge >= 0.3 is 0 Å². The molecule has 1 aromatic rings. The maximum Gasteiger partial charge on any atom is 0.146 e. The molecule has 3 nitrogen and oxygen atoms in total. The van der Waals surface area contributed by atoms with E-state index in [0.717, 1.165) is 18.8 Å². The van der Waals surface area contributed by atoms with Crippen molar-refractivity contribution in [3.63, 3.8) is 0 Å². The molecule has 0 amide bonds. The van der Waals surface area contributed by atoms with Crippen LogP contribution in [0.15, 0.2) is 30.9 Å². The third-order valence-corrected chi connectivity index (χ3v) is 5.82. The van der Waals surface area contributed by atoms with E-state index in [9.17, 15) is 0 Å². The lowest BCUT2D eigenvalue weighted by molar-refractivity contribution is -0.0720. The summed E-state index contributed by atoms with van der Waals surface area (Å²) < 4.78 is 16.4. The Hall–Kier alpha value is -1.32. The van der Waals surface area contributed by atoms with E-state index in [0.29, 0.717) is 18.6 Å². The van der Waals surface area contributed by atoms with Crippen molar-refractivity contribution in [2.24, 2.45) is 11.8 Å². The van der Waals surface area contributed by atoms with Gasteiger partial charge in [-0.25, -0.2) is 0 Å². The van der Waals surface area contributed by atoms with E-state index in [4.69, 9.17) is 14.2 Å². The Morgan fingerprint density at radius 1 is 1.30 bits per heavy atom. The minimum absolute atomic E-state index is 0.0927. The number of aryl methyl sites for hydroxylation is 1. The van der Waals surface area contributed by atoms with Gasteiger partial charge in [-0.05, 0) is 60.8 Å². The van der Waals surface area contributed by atoms with Crippen LogP contribution in [0.5, 0.6) is 5.75 Å². The summed E-state index contributed by atoms with van der Waals surface area (Å²) in [5.41, 5.74) is 2.97. The number of benzene rings is 1. The van der Waals surface area contributed by atoms with Gasteiger partial charge in [0.05, 0.1) is 13.7 Å². The number of fused-ring (bicyclic) bond motifs is 3. The van der Waals surface area contributed by atoms with Gasteiger partial charge in [-0.15, -0.1) is 6.58 Å². The lowest BCUT2D eigenvalue weighted by Gasteiger charge is -2.51. The molecular weight excluding hydrogens is 288 g/mol. The molecule has 0 heterocycles. The lowest BCUT2D eigenvalue weighted by atomic mass is 9.54. The van der Waals surface area contributed by atoms with Crippen molar-refractivity contribution in [3.05, 3.63) is 42.0 Å². The zero-order chi connectivity index (χ0) is 16.3. The van der Waals surface area contributed by atoms with Crippen molar-refractivity contribution in [2.45, 2.75) is 37.5 Å². The summed E-state index contributed by atoms with van der Waals surface area (Å²) in [6.45, 7) is 5.19. The highest BCUT2D eigenvalue weighted by Gasteiger charge is 2.48. The molecule has 3 atom stereocenters. The fourth-order valence-electron chi connectivity index (χ4n) is 4.82. The number of ether oxygens (including phenoxy) is 3. The first-order chi connectivity index (χ1) is 11.2. The van der Waals surface area contributed by atoms with Gasteiger partial charge in [0.1, 0.15) is 12.5 Å². The largest absolute Gasteiger partial charge is 0.497 e. The van der Waals surface area contributed by atoms with E-state index in [1.807, 2.05) is 0 Å². The highest BCUT2D eigenvalue weighted by atomic mass is 16.7. The third-order valence-electron chi connectivity index (χ3n) is 5.82. The van der Waals surface area contributed by atoms with Crippen LogP contribution in [-0.2, 0) is 21.3 Å². The molecule has 1 fully saturated rings. The van der Waals surface area contributed by atoms with Crippen LogP contribution >= 0.6 is 0 Å². The monoisotopic (exact) mass is 316 g/mol. The van der Waals surface area contributed by atoms with E-state index in [1.165, 1.54) is 36.8 Å². The van der Waals surface area contributed by atoms with Gasteiger partial charge in [0.25, 0.3) is 0 Å². The second-order valence-electron chi connectivity index (χ2n) is 6.87. The van der Waals surface area contributed by atoms with Crippen molar-refractivity contribution in [2.75, 3.05) is 27.6 Å². The normalized spacial score (nSPS) is 29.5. The molecule has 0 aliphatic heterocycles. The Kier molecular flexibility index (Phi) is 5.08. The van der Waals surface area contributed by atoms with Gasteiger partial charge < -0.3 is 14.2 Å². The Bertz CT molecular complexity index is 554. The first-order valence-corrected chi connectivity index (χ1v) is 8.62. The molecule has 126 valence electrons. The van der Waals surface area contributed by atoms with Gasteiger partial charge in [0.2, 0.25) is 0 Å². The third kappa shape index (κ3) is 2.92. The van der Waals surface area contributed by atoms with E-state index < -0.39 is 0 Å². The lowest BCUT2D eigenvalue weighted by Crippen LogP contribution is -2.49. The van der Waals surface area contributed by atoms with E-state index in [2.05, 4.69) is 30.9 Å². The van der Waals surface area contributed by atoms with Crippen LogP contribution in [0.1, 0.15) is 36.8 Å². The zero-order valence-electron chi connectivity index (χ0n) is 14.3. The minimum Gasteiger partial charge on any atom is -0.497 e. The molecule has 0 N–H and O–H groups in total. The van der Waals surface area contributed by atoms with E-state index >= 15 is 0 Å². The molecule has 0 aromatic heterocycles. The summed E-state index contributed by atoms with van der Waals surface area (Å²) in [6.07, 6.45) is 8.16. The number of hydrogen-bond acceptors (Lipinski definition) is 3. The van der Waals surface area contributed by atoms with Gasteiger partial charge in [-0.3, -0.25) is 0 Å². The van der Waals surface area contributed by atoms with Crippen LogP contribution in [-0.4, -0.2) is 27.6 Å². The fraction of sp³-hybridized carbons (Fsp3) is 0.600. The summed E-state index contributed by atoms with van der Waals surface area (Å²) >= 11 is 0. The van der Waals surface area contributed by atoms with Crippen molar-refractivity contribution in [1.29, 1.82) is 0 Å². The quantitative estimate of drug-likeness (QED) is 0.449. The molecule has 2 aliphatic carbocycles. The molecule has 3 rings (SSSR count). The molecule has 0 bridgehead atoms. The molecule has 3 heteroatoms. The van der Waals surface area contributed by atoms with Crippen molar-refractivity contribution >= 4 is 0 Å². The number of allylic oxidation sites excluding steroid dienone is 1. The summed E-state index contributed by atoms with van der Waals surface area (Å²) in [7, 11) is 3.42. The first-order valence-electron chi connectivity index (χ1n) is 8.62. The molecule has 2 aliphatic rings. The second-order valence-corrected chi connectivity index (χ2v) is 6.87. The van der Waals surface area contributed by atoms with Crippen LogP contribution < -0.4 is 4.74 Å². The maximum atomic E-state index is 5.90. The summed E-state index contributed by atoms with van der Waals surface area (Å²) in [4.78, 5) is 0. The highest BCUT2D eigenvalue weighted by Crippen LogP contribution is 2.53. The topological polar surface area (TPSA) is 27.7 Å². The van der Waals surface area contributed by atoms with Crippen molar-refractivity contribution in [1.82, 2.24) is 0 Å². The smallest absolute Gasteiger partial charge is 0.146 e. The standard InChI is InChI=1S/C20H28O3/c1-4-15-6-5-11-20(13-23-14-21-2)18(15)9-7-16-12-17(22-3)8-10-19(16)20/h4,8,10,12,15,18H,1,5-7,9,11,13-14H2,2-3H3/t15-,18+,20-/m0/s1. The zero-order valence-corrected chi connectivity index (χ0v) is 14.3. The Labute approximate surface area is 139 Å². The summed E-state index contributed by atoms with van der Waals surface area (Å²) in [5, 5.41) is 0. The minimum atomic E-state index is 0.0927. The number of methoxy groups -OCH3 is 2. The van der Waals surface area contributed by atoms with Gasteiger partial charge in [-0.1, -0.05) is 18.6 Å². The van der Waals surface area contributed by atoms with Crippen LogP contribution in [0.2, 0.25) is 0 Å². The SMILES string of the molecule is C=C[C@H]1CCC[C@@]2(COCOC)c3ccc(OC)cc3CC[C@H]12. The van der Waals surface area contributed by atoms with Gasteiger partial charge in [-0.2, -0.15) is 0 Å². The van der Waals surface area contributed by atoms with Crippen LogP contribution in [0, 0.1) is 11.8 Å². The van der Waals surface area contributed by atoms with E-state index in [1.54, 1.807) is 14.2 Å². The molecule has 1 aromatic carbocycles. The van der Waals surface area contributed by atoms with Gasteiger partial charge in [0.15, 0.2) is 0 Å². The predicted molar refractivity (Wildman–Crippen MR) is 91.8 cm³/mol. The van der Waals surface area contributed by atoms with Crippen molar-refractivity contribution in [3.8, 4) is 5.75 Å².